The molecular weight excluding hydrogens is 566 g/mol. The van der Waals surface area contributed by atoms with Crippen molar-refractivity contribution in [3.05, 3.63) is 0 Å². The maximum absolute atomic E-state index is 12.5. The average Bonchev–Trinajstić information content (AvgIpc) is 3.45. The molecule has 8 fully saturated rings. The fraction of sp³-hybridized carbons (Fsp3) is 1.00. The third-order valence-electron chi connectivity index (χ3n) is 15.4. The van der Waals surface area contributed by atoms with Crippen molar-refractivity contribution in [2.45, 2.75) is 159 Å². The van der Waals surface area contributed by atoms with Gasteiger partial charge in [0.05, 0.1) is 30.0 Å². The summed E-state index contributed by atoms with van der Waals surface area (Å²) in [7, 11) is 0. The van der Waals surface area contributed by atoms with Crippen LogP contribution in [0.2, 0.25) is 0 Å². The van der Waals surface area contributed by atoms with Crippen LogP contribution in [0, 0.1) is 45.3 Å². The predicted octanol–water partition coefficient (Wildman–Crippen LogP) is 1.81. The van der Waals surface area contributed by atoms with Gasteiger partial charge < -0.3 is 50.2 Å². The third kappa shape index (κ3) is 3.37. The molecule has 0 aromatic carbocycles. The summed E-state index contributed by atoms with van der Waals surface area (Å²) in [6.07, 6.45) is 0.927. The second-order valence-corrected chi connectivity index (χ2v) is 17.9. The molecule has 5 saturated carbocycles. The van der Waals surface area contributed by atoms with Crippen LogP contribution in [0.3, 0.4) is 0 Å². The third-order valence-corrected chi connectivity index (χ3v) is 15.4. The number of fused-ring (bicyclic) bond motifs is 4. The van der Waals surface area contributed by atoms with E-state index < -0.39 is 53.7 Å². The molecule has 10 nitrogen and oxygen atoms in total. The zero-order valence-electron chi connectivity index (χ0n) is 27.2. The minimum atomic E-state index is -1.30. The van der Waals surface area contributed by atoms with E-state index in [1.165, 1.54) is 0 Å². The van der Waals surface area contributed by atoms with Gasteiger partial charge in [-0.05, 0) is 105 Å². The SMILES string of the molecule is CC1CC2OC3(OC2C(C)(C)O)C1C1(C)CCC24CC25CCC(OC2OCC(O)C(O)C2O)C(C)(C)C5CCC4C1(N)C3O. The number of hydrogen-bond acceptors (Lipinski definition) is 10. The maximum Gasteiger partial charge on any atom is 0.200 e. The molecule has 8 rings (SSSR count). The Morgan fingerprint density at radius 1 is 0.886 bits per heavy atom. The summed E-state index contributed by atoms with van der Waals surface area (Å²) in [4.78, 5) is 0. The first kappa shape index (κ1) is 30.9. The molecule has 8 aliphatic rings. The summed E-state index contributed by atoms with van der Waals surface area (Å²) in [5.74, 6) is -0.500. The molecule has 3 aliphatic heterocycles. The van der Waals surface area contributed by atoms with Crippen LogP contribution in [0.25, 0.3) is 0 Å². The Labute approximate surface area is 261 Å². The standard InChI is InChI=1S/C34H55NO9/c1-16-13-18-25(29(4,5)40)44-34(43-18)24(16)30(6)11-12-32-15-31(32)10-9-21(42-26-23(38)22(37)17(36)14-41-26)28(2,3)19(31)7-8-20(32)33(30,35)27(34)39/h16-27,36-40H,7-15,35H2,1-6H3. The number of aliphatic hydroxyl groups excluding tert-OH is 4. The molecule has 0 amide bonds. The minimum absolute atomic E-state index is 0.0373. The lowest BCUT2D eigenvalue weighted by Gasteiger charge is -2.63. The Hall–Kier alpha value is -0.400. The summed E-state index contributed by atoms with van der Waals surface area (Å²) >= 11 is 0. The Kier molecular flexibility index (Phi) is 6.31. The van der Waals surface area contributed by atoms with Gasteiger partial charge in [0.15, 0.2) is 6.29 Å². The van der Waals surface area contributed by atoms with Crippen molar-refractivity contribution in [1.82, 2.24) is 0 Å². The molecule has 0 radical (unpaired) electrons. The van der Waals surface area contributed by atoms with Gasteiger partial charge >= 0.3 is 0 Å². The second kappa shape index (κ2) is 8.98. The van der Waals surface area contributed by atoms with E-state index in [0.29, 0.717) is 5.92 Å². The van der Waals surface area contributed by atoms with E-state index in [9.17, 15) is 25.5 Å². The summed E-state index contributed by atoms with van der Waals surface area (Å²) in [5.41, 5.74) is 5.35. The van der Waals surface area contributed by atoms with Crippen molar-refractivity contribution in [3.8, 4) is 0 Å². The van der Waals surface area contributed by atoms with Gasteiger partial charge in [0.2, 0.25) is 5.79 Å². The van der Waals surface area contributed by atoms with E-state index in [1.54, 1.807) is 13.8 Å². The first-order valence-corrected chi connectivity index (χ1v) is 17.3. The molecule has 3 spiro atoms. The fourth-order valence-corrected chi connectivity index (χ4v) is 13.6. The summed E-state index contributed by atoms with van der Waals surface area (Å²) in [5, 5.41) is 54.3. The second-order valence-electron chi connectivity index (χ2n) is 17.9. The van der Waals surface area contributed by atoms with Gasteiger partial charge in [-0.3, -0.25) is 0 Å². The molecule has 3 heterocycles. The fourth-order valence-electron chi connectivity index (χ4n) is 13.6. The normalized spacial score (nSPS) is 62.2. The highest BCUT2D eigenvalue weighted by Gasteiger charge is 2.88. The Balaban J connectivity index is 1.10. The quantitative estimate of drug-likeness (QED) is 0.256. The first-order chi connectivity index (χ1) is 20.4. The van der Waals surface area contributed by atoms with Gasteiger partial charge in [0.1, 0.15) is 30.5 Å². The van der Waals surface area contributed by atoms with Gasteiger partial charge in [-0.25, -0.2) is 0 Å². The van der Waals surface area contributed by atoms with Crippen molar-refractivity contribution >= 4 is 0 Å². The van der Waals surface area contributed by atoms with Crippen molar-refractivity contribution < 1.29 is 44.5 Å². The zero-order chi connectivity index (χ0) is 31.6. The highest BCUT2D eigenvalue weighted by molar-refractivity contribution is 5.37. The molecule has 0 aromatic rings. The Bertz CT molecular complexity index is 1210. The average molecular weight is 622 g/mol. The van der Waals surface area contributed by atoms with Crippen LogP contribution in [0.5, 0.6) is 0 Å². The summed E-state index contributed by atoms with van der Waals surface area (Å²) in [6.45, 7) is 12.6. The van der Waals surface area contributed by atoms with Crippen LogP contribution in [0.4, 0.5) is 0 Å². The van der Waals surface area contributed by atoms with Gasteiger partial charge in [-0.1, -0.05) is 27.7 Å². The number of hydrogen-bond donors (Lipinski definition) is 6. The molecule has 44 heavy (non-hydrogen) atoms. The van der Waals surface area contributed by atoms with Crippen molar-refractivity contribution in [2.75, 3.05) is 6.61 Å². The summed E-state index contributed by atoms with van der Waals surface area (Å²) < 4.78 is 25.6. The van der Waals surface area contributed by atoms with E-state index in [2.05, 4.69) is 27.7 Å². The number of rotatable bonds is 3. The van der Waals surface area contributed by atoms with Crippen LogP contribution in [0.1, 0.15) is 92.9 Å². The van der Waals surface area contributed by atoms with Gasteiger partial charge in [-0.15, -0.1) is 0 Å². The lowest BCUT2D eigenvalue weighted by atomic mass is 9.43. The molecular formula is C34H55NO9. The van der Waals surface area contributed by atoms with Crippen LogP contribution in [-0.2, 0) is 18.9 Å². The highest BCUT2D eigenvalue weighted by atomic mass is 16.8. The topological polar surface area (TPSA) is 164 Å². The van der Waals surface area contributed by atoms with E-state index in [1.807, 2.05) is 0 Å². The van der Waals surface area contributed by atoms with Gasteiger partial charge in [0.25, 0.3) is 0 Å². The smallest absolute Gasteiger partial charge is 0.200 e. The molecule has 0 aromatic heterocycles. The minimum Gasteiger partial charge on any atom is -0.388 e. The highest BCUT2D eigenvalue weighted by Crippen LogP contribution is 2.88. The van der Waals surface area contributed by atoms with Crippen LogP contribution in [-0.4, -0.2) is 98.1 Å². The van der Waals surface area contributed by atoms with Crippen LogP contribution < -0.4 is 5.73 Å². The zero-order valence-corrected chi connectivity index (χ0v) is 27.2. The number of ether oxygens (including phenoxy) is 4. The molecule has 10 heteroatoms. The molecule has 3 saturated heterocycles. The van der Waals surface area contributed by atoms with Crippen molar-refractivity contribution in [3.63, 3.8) is 0 Å². The molecule has 17 atom stereocenters. The largest absolute Gasteiger partial charge is 0.388 e. The van der Waals surface area contributed by atoms with Gasteiger partial charge in [-0.2, -0.15) is 0 Å². The lowest BCUT2D eigenvalue weighted by molar-refractivity contribution is -0.302. The molecule has 7 N–H and O–H groups in total. The van der Waals surface area contributed by atoms with Crippen LogP contribution >= 0.6 is 0 Å². The van der Waals surface area contributed by atoms with E-state index in [-0.39, 0.29) is 58.2 Å². The molecule has 17 unspecified atom stereocenters. The number of nitrogens with two attached hydrogens (primary N) is 1. The predicted molar refractivity (Wildman–Crippen MR) is 158 cm³/mol. The molecule has 5 aliphatic carbocycles. The van der Waals surface area contributed by atoms with Crippen molar-refractivity contribution in [2.24, 2.45) is 51.1 Å². The van der Waals surface area contributed by atoms with Crippen molar-refractivity contribution in [1.29, 1.82) is 0 Å². The molecule has 250 valence electrons. The van der Waals surface area contributed by atoms with E-state index >= 15 is 0 Å². The van der Waals surface area contributed by atoms with E-state index in [0.717, 1.165) is 51.4 Å². The maximum atomic E-state index is 12.5. The lowest BCUT2D eigenvalue weighted by Crippen LogP contribution is -2.70. The number of aliphatic hydroxyl groups is 5. The van der Waals surface area contributed by atoms with Gasteiger partial charge in [0, 0.05) is 5.92 Å². The Morgan fingerprint density at radius 2 is 1.57 bits per heavy atom. The Morgan fingerprint density at radius 3 is 2.27 bits per heavy atom. The first-order valence-electron chi connectivity index (χ1n) is 17.3. The molecule has 2 bridgehead atoms. The van der Waals surface area contributed by atoms with Crippen LogP contribution in [0.15, 0.2) is 0 Å². The monoisotopic (exact) mass is 621 g/mol. The summed E-state index contributed by atoms with van der Waals surface area (Å²) in [6, 6.07) is 0. The van der Waals surface area contributed by atoms with E-state index in [4.69, 9.17) is 24.7 Å².